The summed E-state index contributed by atoms with van der Waals surface area (Å²) in [4.78, 5) is 90.7. The summed E-state index contributed by atoms with van der Waals surface area (Å²) in [6.07, 6.45) is 5.47. The molecule has 3 aromatic carbocycles. The second-order valence-corrected chi connectivity index (χ2v) is 17.6. The Morgan fingerprint density at radius 1 is 0.943 bits per heavy atom. The Hall–Kier alpha value is -6.84. The number of aromatic nitrogens is 4. The number of halogens is 4. The number of nitrogens with two attached hydrogens (primary N) is 1. The normalized spacial score (nSPS) is 14.7. The molecule has 6 N–H and O–H groups in total. The molecule has 2 aliphatic rings. The van der Waals surface area contributed by atoms with Crippen LogP contribution < -0.4 is 37.3 Å². The summed E-state index contributed by atoms with van der Waals surface area (Å²) in [6, 6.07) is 12.9. The van der Waals surface area contributed by atoms with Gasteiger partial charge < -0.3 is 26.4 Å². The number of aryl methyl sites for hydroxylation is 4. The number of nitrogens with one attached hydrogen (secondary N) is 4. The molecule has 1 saturated heterocycles. The first-order valence-corrected chi connectivity index (χ1v) is 23.3. The number of unbranched alkanes of at least 4 members (excludes halogenated alkanes) is 2. The van der Waals surface area contributed by atoms with Crippen LogP contribution in [0.25, 0.3) is 5.69 Å². The monoisotopic (exact) mass is 1050 g/mol. The molecule has 70 heavy (non-hydrogen) atoms. The quantitative estimate of drug-likeness (QED) is 0.0484. The van der Waals surface area contributed by atoms with Gasteiger partial charge in [0.25, 0.3) is 23.3 Å². The number of carbonyl (C=O) groups excluding carboxylic acids is 6. The summed E-state index contributed by atoms with van der Waals surface area (Å²) >= 11 is 3.31. The number of rotatable bonds is 21. The van der Waals surface area contributed by atoms with Crippen LogP contribution >= 0.6 is 28.3 Å². The van der Waals surface area contributed by atoms with Gasteiger partial charge in [0, 0.05) is 73.4 Å². The minimum absolute atomic E-state index is 0. The molecule has 4 heterocycles. The number of anilines is 1. The van der Waals surface area contributed by atoms with Crippen molar-refractivity contribution in [2.45, 2.75) is 90.4 Å². The molecule has 0 radical (unpaired) electrons. The number of benzene rings is 3. The van der Waals surface area contributed by atoms with E-state index in [1.54, 1.807) is 54.2 Å². The maximum atomic E-state index is 14.2. The Morgan fingerprint density at radius 2 is 1.70 bits per heavy atom. The summed E-state index contributed by atoms with van der Waals surface area (Å²) < 4.78 is 36.4. The largest absolute Gasteiger partial charge is 0.487 e. The van der Waals surface area contributed by atoms with Crippen molar-refractivity contribution in [2.24, 2.45) is 5.73 Å². The number of imide groups is 2. The lowest BCUT2D eigenvalue weighted by atomic mass is 10.0. The zero-order chi connectivity index (χ0) is 49.4. The van der Waals surface area contributed by atoms with Gasteiger partial charge in [0.05, 0.1) is 28.6 Å². The van der Waals surface area contributed by atoms with Gasteiger partial charge in [-0.05, 0) is 117 Å². The topological polar surface area (TPSA) is 242 Å². The summed E-state index contributed by atoms with van der Waals surface area (Å²) in [5, 5.41) is 19.5. The van der Waals surface area contributed by atoms with E-state index in [0.29, 0.717) is 80.9 Å². The van der Waals surface area contributed by atoms with Crippen LogP contribution in [0.3, 0.4) is 0 Å². The molecule has 2 aromatic heterocycles. The number of nitrogens with zero attached hydrogens (tertiary/aromatic N) is 5. The number of ether oxygens (including phenoxy) is 1. The number of hydrogen-bond acceptors (Lipinski definition) is 12. The van der Waals surface area contributed by atoms with Gasteiger partial charge in [0.1, 0.15) is 34.5 Å². The van der Waals surface area contributed by atoms with Crippen LogP contribution in [0.15, 0.2) is 76.1 Å². The summed E-state index contributed by atoms with van der Waals surface area (Å²) in [6.45, 7) is 4.91. The van der Waals surface area contributed by atoms with Crippen molar-refractivity contribution in [2.75, 3.05) is 25.0 Å². The highest BCUT2D eigenvalue weighted by Gasteiger charge is 2.45. The van der Waals surface area contributed by atoms with Crippen molar-refractivity contribution in [3.63, 3.8) is 0 Å². The first-order chi connectivity index (χ1) is 33.1. The van der Waals surface area contributed by atoms with E-state index in [4.69, 9.17) is 10.5 Å². The molecular formula is C48H52BrClF2N10O8. The van der Waals surface area contributed by atoms with Gasteiger partial charge in [-0.3, -0.25) is 53.0 Å². The van der Waals surface area contributed by atoms with E-state index in [-0.39, 0.29) is 70.6 Å². The van der Waals surface area contributed by atoms with Crippen molar-refractivity contribution < 1.29 is 42.3 Å². The first-order valence-electron chi connectivity index (χ1n) is 22.5. The highest BCUT2D eigenvalue weighted by Crippen LogP contribution is 2.33. The number of fused-ring (bicyclic) bond motifs is 1. The van der Waals surface area contributed by atoms with Crippen LogP contribution in [0.4, 0.5) is 14.5 Å². The van der Waals surface area contributed by atoms with E-state index in [1.807, 2.05) is 6.92 Å². The fourth-order valence-electron chi connectivity index (χ4n) is 8.05. The van der Waals surface area contributed by atoms with Gasteiger partial charge >= 0.3 is 0 Å². The van der Waals surface area contributed by atoms with Crippen molar-refractivity contribution in [1.29, 1.82) is 0 Å². The van der Waals surface area contributed by atoms with Crippen LogP contribution in [-0.2, 0) is 34.0 Å². The highest BCUT2D eigenvalue weighted by molar-refractivity contribution is 9.10. The van der Waals surface area contributed by atoms with Crippen LogP contribution in [0.5, 0.6) is 5.75 Å². The molecule has 6 amide bonds. The van der Waals surface area contributed by atoms with Crippen LogP contribution in [0.2, 0.25) is 0 Å². The molecule has 18 nitrogen and oxygen atoms in total. The zero-order valence-corrected chi connectivity index (χ0v) is 40.7. The van der Waals surface area contributed by atoms with E-state index in [0.717, 1.165) is 34.7 Å². The number of amides is 6. The Bertz CT molecular complexity index is 2880. The third-order valence-electron chi connectivity index (χ3n) is 11.8. The van der Waals surface area contributed by atoms with E-state index >= 15 is 0 Å². The maximum absolute atomic E-state index is 14.2. The molecule has 0 spiro atoms. The minimum atomic E-state index is -1.05. The van der Waals surface area contributed by atoms with E-state index in [9.17, 15) is 42.3 Å². The number of piperidine rings is 1. The molecular weight excluding hydrogens is 998 g/mol. The van der Waals surface area contributed by atoms with Crippen molar-refractivity contribution in [3.8, 4) is 11.4 Å². The van der Waals surface area contributed by atoms with Crippen molar-refractivity contribution in [1.82, 2.24) is 40.4 Å². The predicted molar refractivity (Wildman–Crippen MR) is 259 cm³/mol. The number of carbonyl (C=O) groups is 6. The van der Waals surface area contributed by atoms with Gasteiger partial charge in [-0.2, -0.15) is 0 Å². The van der Waals surface area contributed by atoms with Crippen LogP contribution in [0.1, 0.15) is 98.5 Å². The molecule has 0 bridgehead atoms. The lowest BCUT2D eigenvalue weighted by molar-refractivity contribution is -0.136. The van der Waals surface area contributed by atoms with Gasteiger partial charge in [-0.1, -0.05) is 17.3 Å². The van der Waals surface area contributed by atoms with Gasteiger partial charge in [0.2, 0.25) is 17.7 Å². The minimum Gasteiger partial charge on any atom is -0.487 e. The Balaban J connectivity index is 0.00000804. The standard InChI is InChI=1S/C48H51BrF2N10O8.ClH/c1-27-11-12-29(23-38(27)60-28(2)22-39(42(49)48(60)68)69-26-30-13-14-31(50)24-34(30)51)43(63)54-19-4-3-8-32-25-59(58-57-32)21-17-35(52)44(64)55-20-6-5-18-53-36-10-7-9-33-41(36)47(67)61(46(33)66)37-15-16-40(62)56-45(37)65;/h7,9-14,22-25,35,37,53H,3-6,8,15-21,26,52H2,1-2H3,(H,54,63)(H,55,64)(H,56,62,65);1H/t35-,37?;/m0./s1. The third-order valence-corrected chi connectivity index (χ3v) is 12.6. The summed E-state index contributed by atoms with van der Waals surface area (Å²) in [5.74, 6) is -4.16. The summed E-state index contributed by atoms with van der Waals surface area (Å²) in [5.41, 5.74) is 9.58. The maximum Gasteiger partial charge on any atom is 0.273 e. The van der Waals surface area contributed by atoms with Crippen molar-refractivity contribution in [3.05, 3.63) is 133 Å². The van der Waals surface area contributed by atoms with Gasteiger partial charge in [0.15, 0.2) is 0 Å². The Labute approximate surface area is 415 Å². The van der Waals surface area contributed by atoms with E-state index < -0.39 is 52.9 Å². The number of hydrogen-bond donors (Lipinski definition) is 5. The number of pyridine rings is 1. The van der Waals surface area contributed by atoms with E-state index in [2.05, 4.69) is 47.5 Å². The van der Waals surface area contributed by atoms with E-state index in [1.165, 1.54) is 16.7 Å². The molecule has 0 aliphatic carbocycles. The summed E-state index contributed by atoms with van der Waals surface area (Å²) in [7, 11) is 0. The molecule has 22 heteroatoms. The van der Waals surface area contributed by atoms with Gasteiger partial charge in [-0.15, -0.1) is 17.5 Å². The highest BCUT2D eigenvalue weighted by atomic mass is 79.9. The van der Waals surface area contributed by atoms with Crippen molar-refractivity contribution >= 4 is 69.5 Å². The fourth-order valence-corrected chi connectivity index (χ4v) is 8.46. The Morgan fingerprint density at radius 3 is 2.47 bits per heavy atom. The molecule has 1 unspecified atom stereocenters. The van der Waals surface area contributed by atoms with Crippen LogP contribution in [0, 0.1) is 25.5 Å². The van der Waals surface area contributed by atoms with Crippen LogP contribution in [-0.4, -0.2) is 91.6 Å². The predicted octanol–water partition coefficient (Wildman–Crippen LogP) is 4.97. The smallest absolute Gasteiger partial charge is 0.273 e. The molecule has 5 aromatic rings. The zero-order valence-electron chi connectivity index (χ0n) is 38.3. The lowest BCUT2D eigenvalue weighted by Gasteiger charge is -2.27. The second-order valence-electron chi connectivity index (χ2n) is 16.8. The average Bonchev–Trinajstić information content (AvgIpc) is 3.88. The molecule has 2 atom stereocenters. The fraction of sp³-hybridized carbons (Fsp3) is 0.354. The second kappa shape index (κ2) is 23.6. The average molecular weight is 1050 g/mol. The SMILES string of the molecule is Cc1ccc(C(=O)NCCCCc2cn(CC[C@H](N)C(=O)NCCCCNc3cccc4c3C(=O)N(C3CCC(=O)NC3=O)C4=O)nn2)cc1-n1c(C)cc(OCc2ccc(F)cc2F)c(Br)c1=O.Cl. The molecule has 370 valence electrons. The third kappa shape index (κ3) is 12.3. The lowest BCUT2D eigenvalue weighted by Crippen LogP contribution is -2.54. The first kappa shape index (κ1) is 52.5. The molecule has 7 rings (SSSR count). The molecule has 2 aliphatic heterocycles. The molecule has 0 saturated carbocycles. The molecule has 1 fully saturated rings. The van der Waals surface area contributed by atoms with Gasteiger partial charge in [-0.25, -0.2) is 8.78 Å². The Kier molecular flexibility index (Phi) is 17.7.